The predicted molar refractivity (Wildman–Crippen MR) is 99.7 cm³/mol. The first-order valence-electron chi connectivity index (χ1n) is 8.52. The van der Waals surface area contributed by atoms with E-state index < -0.39 is 24.0 Å². The van der Waals surface area contributed by atoms with Crippen LogP contribution in [0, 0.1) is 0 Å². The Morgan fingerprint density at radius 2 is 1.56 bits per heavy atom. The second kappa shape index (κ2) is 8.16. The minimum atomic E-state index is -0.726. The summed E-state index contributed by atoms with van der Waals surface area (Å²) in [6.45, 7) is 0.0582. The number of likely N-dealkylation sites (tertiary alicyclic amines) is 1. The largest absolute Gasteiger partial charge is 0.507 e. The lowest BCUT2D eigenvalue weighted by Gasteiger charge is -2.28. The molecule has 6 heteroatoms. The van der Waals surface area contributed by atoms with Gasteiger partial charge in [-0.25, -0.2) is 0 Å². The number of nitrogens with zero attached hydrogens (tertiary/aromatic N) is 1. The molecule has 0 spiro atoms. The molecule has 2 aromatic rings. The van der Waals surface area contributed by atoms with E-state index in [-0.39, 0.29) is 17.9 Å². The summed E-state index contributed by atoms with van der Waals surface area (Å²) < 4.78 is 10.4. The zero-order chi connectivity index (χ0) is 19.4. The highest BCUT2D eigenvalue weighted by atomic mass is 16.7. The number of carbonyl (C=O) groups excluding carboxylic acids is 2. The fraction of sp³-hybridized carbons (Fsp3) is 0.238. The van der Waals surface area contributed by atoms with E-state index in [9.17, 15) is 14.7 Å². The van der Waals surface area contributed by atoms with E-state index in [1.54, 1.807) is 24.3 Å². The van der Waals surface area contributed by atoms with Gasteiger partial charge in [-0.3, -0.25) is 9.59 Å². The number of amides is 1. The van der Waals surface area contributed by atoms with Gasteiger partial charge in [-0.2, -0.15) is 0 Å². The van der Waals surface area contributed by atoms with E-state index in [0.29, 0.717) is 5.56 Å². The molecule has 0 aliphatic carbocycles. The van der Waals surface area contributed by atoms with Gasteiger partial charge in [0.2, 0.25) is 0 Å². The molecule has 0 bridgehead atoms. The van der Waals surface area contributed by atoms with Crippen LogP contribution in [0.15, 0.2) is 66.2 Å². The Kier molecular flexibility index (Phi) is 5.69. The molecule has 1 amide bonds. The lowest BCUT2D eigenvalue weighted by Crippen LogP contribution is -2.38. The SMILES string of the molecule is COC(CN1C(=O)C(=O)/C(=C(\O)c2ccccc2)C1c1ccccc1)OC. The number of hydrogen-bond donors (Lipinski definition) is 1. The van der Waals surface area contributed by atoms with Crippen molar-refractivity contribution in [3.05, 3.63) is 77.4 Å². The fourth-order valence-electron chi connectivity index (χ4n) is 3.21. The van der Waals surface area contributed by atoms with E-state index in [1.807, 2.05) is 36.4 Å². The molecule has 27 heavy (non-hydrogen) atoms. The van der Waals surface area contributed by atoms with Crippen molar-refractivity contribution >= 4 is 17.4 Å². The second-order valence-electron chi connectivity index (χ2n) is 6.13. The third-order valence-corrected chi connectivity index (χ3v) is 4.57. The smallest absolute Gasteiger partial charge is 0.295 e. The maximum Gasteiger partial charge on any atom is 0.295 e. The third kappa shape index (κ3) is 3.63. The van der Waals surface area contributed by atoms with Gasteiger partial charge in [0.1, 0.15) is 5.76 Å². The molecule has 1 N–H and O–H groups in total. The number of hydrogen-bond acceptors (Lipinski definition) is 5. The van der Waals surface area contributed by atoms with Crippen LogP contribution in [0.2, 0.25) is 0 Å². The first kappa shape index (κ1) is 18.8. The Hall–Kier alpha value is -2.96. The number of rotatable bonds is 6. The summed E-state index contributed by atoms with van der Waals surface area (Å²) in [6, 6.07) is 17.1. The maximum atomic E-state index is 12.8. The number of ether oxygens (including phenoxy) is 2. The first-order chi connectivity index (χ1) is 13.1. The molecule has 0 aromatic heterocycles. The van der Waals surface area contributed by atoms with Gasteiger partial charge in [-0.15, -0.1) is 0 Å². The van der Waals surface area contributed by atoms with Crippen LogP contribution < -0.4 is 0 Å². The number of aliphatic hydroxyl groups excluding tert-OH is 1. The van der Waals surface area contributed by atoms with Crippen LogP contribution in [0.25, 0.3) is 5.76 Å². The van der Waals surface area contributed by atoms with E-state index in [2.05, 4.69) is 0 Å². The fourth-order valence-corrected chi connectivity index (χ4v) is 3.21. The van der Waals surface area contributed by atoms with Crippen LogP contribution >= 0.6 is 0 Å². The van der Waals surface area contributed by atoms with E-state index >= 15 is 0 Å². The maximum absolute atomic E-state index is 12.8. The van der Waals surface area contributed by atoms with Crippen molar-refractivity contribution in [2.45, 2.75) is 12.3 Å². The summed E-state index contributed by atoms with van der Waals surface area (Å²) in [6.07, 6.45) is -0.689. The van der Waals surface area contributed by atoms with Gasteiger partial charge in [0.05, 0.1) is 18.2 Å². The first-order valence-corrected chi connectivity index (χ1v) is 8.52. The lowest BCUT2D eigenvalue weighted by molar-refractivity contribution is -0.149. The monoisotopic (exact) mass is 367 g/mol. The van der Waals surface area contributed by atoms with Crippen molar-refractivity contribution in [1.82, 2.24) is 4.90 Å². The predicted octanol–water partition coefficient (Wildman–Crippen LogP) is 2.73. The number of ketones is 1. The normalized spacial score (nSPS) is 19.1. The van der Waals surface area contributed by atoms with Crippen LogP contribution in [-0.2, 0) is 19.1 Å². The van der Waals surface area contributed by atoms with Crippen molar-refractivity contribution < 1.29 is 24.2 Å². The lowest BCUT2D eigenvalue weighted by atomic mass is 9.95. The number of methoxy groups -OCH3 is 2. The number of benzene rings is 2. The van der Waals surface area contributed by atoms with Crippen LogP contribution in [0.5, 0.6) is 0 Å². The van der Waals surface area contributed by atoms with Crippen molar-refractivity contribution in [1.29, 1.82) is 0 Å². The number of Topliss-reactive ketones (excluding diaryl/α,β-unsaturated/α-hetero) is 1. The molecular formula is C21H21NO5. The highest BCUT2D eigenvalue weighted by Gasteiger charge is 2.46. The molecular weight excluding hydrogens is 346 g/mol. The summed E-state index contributed by atoms with van der Waals surface area (Å²) >= 11 is 0. The summed E-state index contributed by atoms with van der Waals surface area (Å²) in [5.74, 6) is -1.62. The van der Waals surface area contributed by atoms with E-state index in [0.717, 1.165) is 5.56 Å². The molecule has 1 saturated heterocycles. The molecule has 6 nitrogen and oxygen atoms in total. The highest BCUT2D eigenvalue weighted by molar-refractivity contribution is 6.46. The van der Waals surface area contributed by atoms with Crippen molar-refractivity contribution in [2.75, 3.05) is 20.8 Å². The molecule has 1 unspecified atom stereocenters. The van der Waals surface area contributed by atoms with Gasteiger partial charge in [0.15, 0.2) is 6.29 Å². The minimum Gasteiger partial charge on any atom is -0.507 e. The van der Waals surface area contributed by atoms with Crippen LogP contribution in [0.4, 0.5) is 0 Å². The zero-order valence-corrected chi connectivity index (χ0v) is 15.2. The van der Waals surface area contributed by atoms with Gasteiger partial charge in [0.25, 0.3) is 11.7 Å². The average molecular weight is 367 g/mol. The Morgan fingerprint density at radius 3 is 2.11 bits per heavy atom. The Morgan fingerprint density at radius 1 is 1.00 bits per heavy atom. The third-order valence-electron chi connectivity index (χ3n) is 4.57. The Bertz CT molecular complexity index is 843. The molecule has 1 aliphatic rings. The molecule has 0 radical (unpaired) electrons. The Labute approximate surface area is 157 Å². The van der Waals surface area contributed by atoms with Gasteiger partial charge >= 0.3 is 0 Å². The number of aliphatic hydroxyl groups is 1. The molecule has 3 rings (SSSR count). The molecule has 1 heterocycles. The van der Waals surface area contributed by atoms with Crippen molar-refractivity contribution in [2.24, 2.45) is 0 Å². The summed E-state index contributed by atoms with van der Waals surface area (Å²) in [7, 11) is 2.93. The van der Waals surface area contributed by atoms with Gasteiger partial charge < -0.3 is 19.5 Å². The quantitative estimate of drug-likeness (QED) is 0.368. The van der Waals surface area contributed by atoms with Crippen LogP contribution in [0.3, 0.4) is 0 Å². The molecule has 1 atom stereocenters. The standard InChI is InChI=1S/C21H21NO5/c1-26-16(27-2)13-22-18(14-9-5-3-6-10-14)17(20(24)21(22)25)19(23)15-11-7-4-8-12-15/h3-12,16,18,23H,13H2,1-2H3/b19-17-. The number of carbonyl (C=O) groups is 2. The van der Waals surface area contributed by atoms with E-state index in [1.165, 1.54) is 19.1 Å². The molecule has 140 valence electrons. The Balaban J connectivity index is 2.14. The van der Waals surface area contributed by atoms with Crippen molar-refractivity contribution in [3.8, 4) is 0 Å². The van der Waals surface area contributed by atoms with Crippen LogP contribution in [0.1, 0.15) is 17.2 Å². The molecule has 1 aliphatic heterocycles. The van der Waals surface area contributed by atoms with Gasteiger partial charge in [-0.1, -0.05) is 60.7 Å². The van der Waals surface area contributed by atoms with E-state index in [4.69, 9.17) is 9.47 Å². The topological polar surface area (TPSA) is 76.1 Å². The zero-order valence-electron chi connectivity index (χ0n) is 15.2. The van der Waals surface area contributed by atoms with Crippen molar-refractivity contribution in [3.63, 3.8) is 0 Å². The van der Waals surface area contributed by atoms with Crippen LogP contribution in [-0.4, -0.2) is 48.8 Å². The summed E-state index contributed by atoms with van der Waals surface area (Å²) in [4.78, 5) is 26.9. The highest BCUT2D eigenvalue weighted by Crippen LogP contribution is 2.39. The van der Waals surface area contributed by atoms with Gasteiger partial charge in [0, 0.05) is 19.8 Å². The molecule has 2 aromatic carbocycles. The summed E-state index contributed by atoms with van der Waals surface area (Å²) in [5, 5.41) is 10.8. The van der Waals surface area contributed by atoms with Gasteiger partial charge in [-0.05, 0) is 5.56 Å². The second-order valence-corrected chi connectivity index (χ2v) is 6.13. The average Bonchev–Trinajstić information content (AvgIpc) is 2.97. The minimum absolute atomic E-state index is 0.0582. The summed E-state index contributed by atoms with van der Waals surface area (Å²) in [5.41, 5.74) is 1.26. The molecule has 1 fully saturated rings. The molecule has 0 saturated carbocycles.